The second kappa shape index (κ2) is 16.2. The molecule has 0 fully saturated rings. The lowest BCUT2D eigenvalue weighted by atomic mass is 9.99. The third-order valence-electron chi connectivity index (χ3n) is 14.0. The van der Waals surface area contributed by atoms with Crippen molar-refractivity contribution in [3.8, 4) is 50.8 Å². The molecule has 0 saturated carbocycles. The van der Waals surface area contributed by atoms with Gasteiger partial charge in [0.2, 0.25) is 0 Å². The molecule has 9 aromatic carbocycles. The van der Waals surface area contributed by atoms with Crippen LogP contribution in [0.15, 0.2) is 231 Å². The highest BCUT2D eigenvalue weighted by Crippen LogP contribution is 2.44. The normalized spacial score (nSPS) is 12.9. The van der Waals surface area contributed by atoms with E-state index in [1.54, 1.807) is 0 Å². The first kappa shape index (κ1) is 39.9. The van der Waals surface area contributed by atoms with E-state index in [-0.39, 0.29) is 0 Å². The molecule has 1 aliphatic carbocycles. The van der Waals surface area contributed by atoms with E-state index < -0.39 is 0 Å². The zero-order valence-electron chi connectivity index (χ0n) is 38.0. The van der Waals surface area contributed by atoms with Crippen LogP contribution >= 0.6 is 0 Å². The van der Waals surface area contributed by atoms with Crippen LogP contribution in [0.25, 0.3) is 127 Å². The number of benzene rings is 9. The van der Waals surface area contributed by atoms with Crippen LogP contribution in [0.1, 0.15) is 18.7 Å². The van der Waals surface area contributed by atoms with E-state index in [4.69, 9.17) is 19.9 Å². The van der Waals surface area contributed by atoms with E-state index in [0.717, 1.165) is 84.7 Å². The van der Waals surface area contributed by atoms with E-state index in [1.807, 2.05) is 18.2 Å². The summed E-state index contributed by atoms with van der Waals surface area (Å²) in [6.45, 7) is 0. The molecule has 4 aromatic heterocycles. The third-order valence-corrected chi connectivity index (χ3v) is 14.0. The van der Waals surface area contributed by atoms with Gasteiger partial charge in [0, 0.05) is 60.4 Å². The van der Waals surface area contributed by atoms with Crippen molar-refractivity contribution in [3.05, 3.63) is 236 Å². The molecule has 6 heteroatoms. The van der Waals surface area contributed by atoms with Gasteiger partial charge in [-0.3, -0.25) is 0 Å². The minimum absolute atomic E-state index is 0.635. The average molecular weight is 895 g/mol. The molecule has 0 amide bonds. The van der Waals surface area contributed by atoms with Gasteiger partial charge in [-0.2, -0.15) is 0 Å². The van der Waals surface area contributed by atoms with Crippen molar-refractivity contribution in [1.82, 2.24) is 29.1 Å². The lowest BCUT2D eigenvalue weighted by molar-refractivity contribution is 0.955. The fourth-order valence-electron chi connectivity index (χ4n) is 10.8. The topological polar surface area (TPSA) is 61.4 Å². The molecule has 328 valence electrons. The van der Waals surface area contributed by atoms with Gasteiger partial charge in [0.05, 0.1) is 33.3 Å². The van der Waals surface area contributed by atoms with E-state index in [0.29, 0.717) is 17.5 Å². The van der Waals surface area contributed by atoms with Crippen LogP contribution in [0.2, 0.25) is 0 Å². The van der Waals surface area contributed by atoms with Crippen molar-refractivity contribution in [2.45, 2.75) is 12.8 Å². The van der Waals surface area contributed by atoms with Crippen LogP contribution in [0.4, 0.5) is 0 Å². The molecule has 0 unspecified atom stereocenters. The Kier molecular flexibility index (Phi) is 9.24. The minimum Gasteiger partial charge on any atom is -0.312 e. The van der Waals surface area contributed by atoms with Crippen LogP contribution in [0.3, 0.4) is 0 Å². The van der Waals surface area contributed by atoms with Crippen molar-refractivity contribution in [1.29, 1.82) is 0 Å². The van der Waals surface area contributed by atoms with Crippen LogP contribution in [-0.2, 0) is 0 Å². The largest absolute Gasteiger partial charge is 0.312 e. The Hall–Kier alpha value is -9.26. The summed E-state index contributed by atoms with van der Waals surface area (Å²) in [4.78, 5) is 21.2. The molecule has 0 N–H and O–H groups in total. The maximum absolute atomic E-state index is 5.52. The molecule has 0 radical (unpaired) electrons. The molecule has 70 heavy (non-hydrogen) atoms. The van der Waals surface area contributed by atoms with Crippen molar-refractivity contribution in [2.24, 2.45) is 0 Å². The summed E-state index contributed by atoms with van der Waals surface area (Å²) in [7, 11) is 0. The molecule has 6 nitrogen and oxygen atoms in total. The predicted octanol–water partition coefficient (Wildman–Crippen LogP) is 16.2. The van der Waals surface area contributed by atoms with Gasteiger partial charge in [0.1, 0.15) is 0 Å². The first-order valence-corrected chi connectivity index (χ1v) is 23.9. The Morgan fingerprint density at radius 2 is 0.957 bits per heavy atom. The lowest BCUT2D eigenvalue weighted by Crippen LogP contribution is -2.06. The number of fused-ring (bicyclic) bond motifs is 10. The summed E-state index contributed by atoms with van der Waals surface area (Å²) >= 11 is 0. The van der Waals surface area contributed by atoms with Crippen LogP contribution in [0.5, 0.6) is 0 Å². The van der Waals surface area contributed by atoms with Crippen molar-refractivity contribution in [3.63, 3.8) is 0 Å². The number of hydrogen-bond donors (Lipinski definition) is 0. The van der Waals surface area contributed by atoms with Gasteiger partial charge in [0.15, 0.2) is 17.5 Å². The van der Waals surface area contributed by atoms with Crippen LogP contribution in [0, 0.1) is 0 Å². The van der Waals surface area contributed by atoms with Crippen molar-refractivity contribution >= 4 is 76.6 Å². The molecule has 0 aliphatic heterocycles. The average Bonchev–Trinajstić information content (AvgIpc) is 3.97. The summed E-state index contributed by atoms with van der Waals surface area (Å²) in [6.07, 6.45) is 6.04. The van der Waals surface area contributed by atoms with Gasteiger partial charge >= 0.3 is 0 Å². The standard InChI is InChI=1S/C64H42N6/c1-4-17-41(18-5-1)46-34-38-57-54(40-46)51-27-12-14-29-55(51)69(57)49-25-16-24-47(39-49)64-67-62(44-22-8-3-9-23-44)66-63(68-64)45-31-35-48(36-32-45)70-56-30-15-13-28-52(56)58-59(43-20-6-2-7-21-43)65-60-50-26-11-10-19-42(50)33-37-53(60)61(58)70/h1-31,33-35,37-40H,32,36H2. The molecule has 13 aromatic rings. The Bertz CT molecular complexity index is 4280. The molecular formula is C64H42N6. The number of hydrogen-bond acceptors (Lipinski definition) is 4. The van der Waals surface area contributed by atoms with Gasteiger partial charge in [-0.05, 0) is 77.4 Å². The lowest BCUT2D eigenvalue weighted by Gasteiger charge is -2.19. The Morgan fingerprint density at radius 1 is 0.343 bits per heavy atom. The molecule has 1 aliphatic rings. The highest BCUT2D eigenvalue weighted by atomic mass is 15.0. The van der Waals surface area contributed by atoms with E-state index in [2.05, 4.69) is 221 Å². The number of allylic oxidation sites excluding steroid dienone is 4. The van der Waals surface area contributed by atoms with Gasteiger partial charge in [-0.1, -0.05) is 188 Å². The summed E-state index contributed by atoms with van der Waals surface area (Å²) in [5.74, 6) is 1.97. The number of nitrogens with zero attached hydrogens (tertiary/aromatic N) is 6. The minimum atomic E-state index is 0.635. The summed E-state index contributed by atoms with van der Waals surface area (Å²) in [6, 6.07) is 77.4. The maximum atomic E-state index is 5.52. The van der Waals surface area contributed by atoms with Crippen molar-refractivity contribution in [2.75, 3.05) is 0 Å². The molecule has 14 rings (SSSR count). The van der Waals surface area contributed by atoms with Gasteiger partial charge in [-0.15, -0.1) is 0 Å². The molecular weight excluding hydrogens is 853 g/mol. The van der Waals surface area contributed by atoms with E-state index >= 15 is 0 Å². The zero-order chi connectivity index (χ0) is 46.1. The zero-order valence-corrected chi connectivity index (χ0v) is 38.0. The Balaban J connectivity index is 0.919. The van der Waals surface area contributed by atoms with Crippen molar-refractivity contribution < 1.29 is 0 Å². The van der Waals surface area contributed by atoms with Gasteiger partial charge < -0.3 is 9.13 Å². The fraction of sp³-hybridized carbons (Fsp3) is 0.0312. The highest BCUT2D eigenvalue weighted by Gasteiger charge is 2.24. The summed E-state index contributed by atoms with van der Waals surface area (Å²) in [5.41, 5.74) is 15.3. The number of aromatic nitrogens is 6. The molecule has 0 spiro atoms. The number of rotatable bonds is 7. The van der Waals surface area contributed by atoms with E-state index in [1.165, 1.54) is 43.9 Å². The first-order chi connectivity index (χ1) is 34.7. The molecule has 0 saturated heterocycles. The second-order valence-electron chi connectivity index (χ2n) is 18.1. The quantitative estimate of drug-likeness (QED) is 0.150. The third kappa shape index (κ3) is 6.49. The fourth-order valence-corrected chi connectivity index (χ4v) is 10.8. The first-order valence-electron chi connectivity index (χ1n) is 23.9. The SMILES string of the molecule is C1=C(c2nc(-c3ccccc3)nc(-c3cccc(-n4c5ccccc5c5cc(-c6ccccc6)ccc54)c3)n2)CCC(n2c3ccccc3c3c(-c4ccccc4)nc4c5ccccc5ccc4c32)=C1. The smallest absolute Gasteiger partial charge is 0.164 e. The molecule has 4 heterocycles. The summed E-state index contributed by atoms with van der Waals surface area (Å²) in [5, 5.41) is 8.23. The Morgan fingerprint density at radius 3 is 1.71 bits per heavy atom. The number of para-hydroxylation sites is 2. The monoisotopic (exact) mass is 894 g/mol. The Labute approximate surface area is 403 Å². The van der Waals surface area contributed by atoms with Gasteiger partial charge in [0.25, 0.3) is 0 Å². The van der Waals surface area contributed by atoms with E-state index in [9.17, 15) is 0 Å². The number of pyridine rings is 1. The molecule has 0 atom stereocenters. The summed E-state index contributed by atoms with van der Waals surface area (Å²) < 4.78 is 4.85. The second-order valence-corrected chi connectivity index (χ2v) is 18.1. The van der Waals surface area contributed by atoms with Gasteiger partial charge in [-0.25, -0.2) is 19.9 Å². The van der Waals surface area contributed by atoms with Crippen LogP contribution in [-0.4, -0.2) is 29.1 Å². The predicted molar refractivity (Wildman–Crippen MR) is 290 cm³/mol. The maximum Gasteiger partial charge on any atom is 0.164 e. The van der Waals surface area contributed by atoms with Crippen LogP contribution < -0.4 is 0 Å². The molecule has 0 bridgehead atoms. The highest BCUT2D eigenvalue weighted by molar-refractivity contribution is 6.26.